The number of hydrogen-bond donors (Lipinski definition) is 1. The maximum Gasteiger partial charge on any atom is 0.417 e. The van der Waals surface area contributed by atoms with E-state index in [9.17, 15) is 26.1 Å². The molecule has 0 saturated carbocycles. The van der Waals surface area contributed by atoms with Crippen LogP contribution >= 0.6 is 23.2 Å². The molecule has 4 rings (SSSR count). The number of anilines is 1. The van der Waals surface area contributed by atoms with Crippen molar-refractivity contribution in [1.29, 1.82) is 0 Å². The lowest BCUT2D eigenvalue weighted by molar-refractivity contribution is -0.137. The van der Waals surface area contributed by atoms with Gasteiger partial charge in [-0.15, -0.1) is 11.6 Å². The fourth-order valence-corrected chi connectivity index (χ4v) is 5.31. The van der Waals surface area contributed by atoms with E-state index in [0.717, 1.165) is 17.7 Å². The molecule has 216 valence electrons. The molecule has 0 amide bonds. The van der Waals surface area contributed by atoms with Gasteiger partial charge in [0.1, 0.15) is 22.0 Å². The van der Waals surface area contributed by atoms with Crippen LogP contribution in [0.1, 0.15) is 22.4 Å². The maximum atomic E-state index is 12.9. The zero-order valence-corrected chi connectivity index (χ0v) is 24.0. The van der Waals surface area contributed by atoms with Gasteiger partial charge in [0.2, 0.25) is 5.88 Å². The first-order valence-electron chi connectivity index (χ1n) is 12.0. The normalized spacial score (nSPS) is 11.9. The van der Waals surface area contributed by atoms with Crippen LogP contribution in [0.15, 0.2) is 66.0 Å². The molecule has 0 aliphatic carbocycles. The van der Waals surface area contributed by atoms with Crippen LogP contribution in [0.25, 0.3) is 11.1 Å². The number of nitrogens with zero attached hydrogens (tertiary/aromatic N) is 4. The van der Waals surface area contributed by atoms with Gasteiger partial charge in [0.05, 0.1) is 17.1 Å². The summed E-state index contributed by atoms with van der Waals surface area (Å²) in [5.41, 5.74) is 1.61. The van der Waals surface area contributed by atoms with Crippen LogP contribution in [-0.4, -0.2) is 41.5 Å². The first-order chi connectivity index (χ1) is 19.3. The lowest BCUT2D eigenvalue weighted by Crippen LogP contribution is -2.22. The summed E-state index contributed by atoms with van der Waals surface area (Å²) in [5, 5.41) is 0.311. The first-order valence-corrected chi connectivity index (χ1v) is 14.3. The number of rotatable bonds is 9. The largest absolute Gasteiger partial charge is 0.439 e. The van der Waals surface area contributed by atoms with Crippen LogP contribution < -0.4 is 9.64 Å². The van der Waals surface area contributed by atoms with E-state index in [1.54, 1.807) is 49.2 Å². The Kier molecular flexibility index (Phi) is 9.07. The van der Waals surface area contributed by atoms with Crippen LogP contribution in [0, 0.1) is 6.92 Å². The van der Waals surface area contributed by atoms with Crippen molar-refractivity contribution in [2.75, 3.05) is 18.5 Å². The lowest BCUT2D eigenvalue weighted by Gasteiger charge is -2.21. The Morgan fingerprint density at radius 1 is 1.02 bits per heavy atom. The molecule has 0 saturated heterocycles. The van der Waals surface area contributed by atoms with Crippen LogP contribution in [0.4, 0.5) is 19.0 Å². The molecule has 0 fully saturated rings. The lowest BCUT2D eigenvalue weighted by atomic mass is 9.96. The molecule has 2 aromatic heterocycles. The van der Waals surface area contributed by atoms with Gasteiger partial charge in [-0.1, -0.05) is 35.4 Å². The van der Waals surface area contributed by atoms with Gasteiger partial charge in [-0.05, 0) is 48.7 Å². The Morgan fingerprint density at radius 2 is 1.78 bits per heavy atom. The number of aryl methyl sites for hydroxylation is 1. The minimum atomic E-state index is -4.61. The number of halogens is 5. The number of ether oxygens (including phenoxy) is 1. The number of likely N-dealkylation sites (N-methyl/N-ethyl adjacent to an activating group) is 1. The number of alkyl halides is 4. The third kappa shape index (κ3) is 7.25. The van der Waals surface area contributed by atoms with Crippen molar-refractivity contribution >= 4 is 39.1 Å². The summed E-state index contributed by atoms with van der Waals surface area (Å²) >= 11 is 12.3. The van der Waals surface area contributed by atoms with Crippen LogP contribution in [0.2, 0.25) is 5.02 Å². The third-order valence-corrected chi connectivity index (χ3v) is 7.67. The minimum Gasteiger partial charge on any atom is -0.439 e. The average Bonchev–Trinajstić information content (AvgIpc) is 2.91. The van der Waals surface area contributed by atoms with Gasteiger partial charge in [-0.2, -0.15) is 21.6 Å². The summed E-state index contributed by atoms with van der Waals surface area (Å²) in [6.45, 7) is 2.15. The molecule has 0 aliphatic heterocycles. The molecule has 0 spiro atoms. The molecule has 0 unspecified atom stereocenters. The number of pyridine rings is 1. The highest BCUT2D eigenvalue weighted by Crippen LogP contribution is 2.36. The second kappa shape index (κ2) is 12.2. The third-order valence-electron chi connectivity index (χ3n) is 6.12. The highest BCUT2D eigenvalue weighted by Gasteiger charge is 2.30. The van der Waals surface area contributed by atoms with E-state index >= 15 is 0 Å². The van der Waals surface area contributed by atoms with Crippen LogP contribution in [-0.2, 0) is 28.6 Å². The number of hydrogen-bond acceptors (Lipinski definition) is 7. The molecule has 0 radical (unpaired) electrons. The topological polar surface area (TPSA) is 106 Å². The van der Waals surface area contributed by atoms with E-state index in [-0.39, 0.29) is 28.0 Å². The molecule has 4 aromatic rings. The fourth-order valence-electron chi connectivity index (χ4n) is 4.05. The van der Waals surface area contributed by atoms with Crippen molar-refractivity contribution in [2.45, 2.75) is 30.3 Å². The summed E-state index contributed by atoms with van der Waals surface area (Å²) in [4.78, 5) is 13.5. The van der Waals surface area contributed by atoms with Crippen molar-refractivity contribution in [2.24, 2.45) is 0 Å². The number of benzene rings is 2. The Bertz CT molecular complexity index is 1670. The van der Waals surface area contributed by atoms with E-state index in [0.29, 0.717) is 46.8 Å². The maximum absolute atomic E-state index is 12.9. The van der Waals surface area contributed by atoms with Gasteiger partial charge in [0.25, 0.3) is 10.1 Å². The molecule has 0 bridgehead atoms. The molecule has 2 heterocycles. The molecule has 8 nitrogen and oxygen atoms in total. The van der Waals surface area contributed by atoms with Gasteiger partial charge < -0.3 is 9.64 Å². The molecular weight excluding hydrogens is 604 g/mol. The van der Waals surface area contributed by atoms with Gasteiger partial charge >= 0.3 is 6.18 Å². The predicted octanol–water partition coefficient (Wildman–Crippen LogP) is 6.98. The SMILES string of the molecule is Cc1ccc(S(=O)(=O)O)c(-c2cc(Oc3ccc(C(F)(F)F)cn3)ccc2CCN(C)c2ncnc(CCl)c2Cl)c1. The molecule has 0 aliphatic rings. The van der Waals surface area contributed by atoms with E-state index in [1.807, 2.05) is 0 Å². The summed E-state index contributed by atoms with van der Waals surface area (Å²) < 4.78 is 78.9. The van der Waals surface area contributed by atoms with Gasteiger partial charge in [0, 0.05) is 31.4 Å². The summed E-state index contributed by atoms with van der Waals surface area (Å²) in [6, 6.07) is 11.2. The van der Waals surface area contributed by atoms with Crippen LogP contribution in [0.3, 0.4) is 0 Å². The van der Waals surface area contributed by atoms with E-state index < -0.39 is 21.9 Å². The smallest absolute Gasteiger partial charge is 0.417 e. The Hall–Kier alpha value is -3.45. The minimum absolute atomic E-state index is 0.0934. The van der Waals surface area contributed by atoms with Crippen molar-refractivity contribution in [3.05, 3.63) is 88.5 Å². The van der Waals surface area contributed by atoms with Crippen molar-refractivity contribution < 1.29 is 30.9 Å². The standard InChI is InChI=1S/C27H23Cl2F3N4O4S/c1-16-3-7-23(41(37,38)39)21(11-16)20-12-19(40-24-8-5-18(14-33-24)27(30,31)32)6-4-17(20)9-10-36(2)26-25(29)22(13-28)34-15-35-26/h3-8,11-12,14-15H,9-10,13H2,1-2H3,(H,37,38,39). The zero-order chi connectivity index (χ0) is 29.9. The first kappa shape index (κ1) is 30.5. The van der Waals surface area contributed by atoms with Crippen molar-refractivity contribution in [3.8, 4) is 22.8 Å². The van der Waals surface area contributed by atoms with Crippen molar-refractivity contribution in [3.63, 3.8) is 0 Å². The average molecular weight is 627 g/mol. The predicted molar refractivity (Wildman–Crippen MR) is 149 cm³/mol. The quantitative estimate of drug-likeness (QED) is 0.157. The highest BCUT2D eigenvalue weighted by atomic mass is 35.5. The molecule has 2 aromatic carbocycles. The summed E-state index contributed by atoms with van der Waals surface area (Å²) in [7, 11) is -2.84. The van der Waals surface area contributed by atoms with Gasteiger partial charge in [-0.25, -0.2) is 15.0 Å². The number of aromatic nitrogens is 3. The molecule has 14 heteroatoms. The van der Waals surface area contributed by atoms with E-state index in [4.69, 9.17) is 27.9 Å². The van der Waals surface area contributed by atoms with Gasteiger partial charge in [-0.3, -0.25) is 4.55 Å². The Balaban J connectivity index is 1.73. The fraction of sp³-hybridized carbons (Fsp3) is 0.222. The molecular formula is C27H23Cl2F3N4O4S. The second-order valence-electron chi connectivity index (χ2n) is 9.04. The summed E-state index contributed by atoms with van der Waals surface area (Å²) in [5.74, 6) is 0.663. The second-order valence-corrected chi connectivity index (χ2v) is 11.1. The summed E-state index contributed by atoms with van der Waals surface area (Å²) in [6.07, 6.45) is -2.16. The zero-order valence-electron chi connectivity index (χ0n) is 21.7. The molecule has 41 heavy (non-hydrogen) atoms. The van der Waals surface area contributed by atoms with Crippen molar-refractivity contribution in [1.82, 2.24) is 15.0 Å². The Labute approximate surface area is 244 Å². The molecule has 1 N–H and O–H groups in total. The van der Waals surface area contributed by atoms with E-state index in [2.05, 4.69) is 15.0 Å². The van der Waals surface area contributed by atoms with E-state index in [1.165, 1.54) is 12.4 Å². The highest BCUT2D eigenvalue weighted by molar-refractivity contribution is 7.86. The van der Waals surface area contributed by atoms with Crippen LogP contribution in [0.5, 0.6) is 11.6 Å². The molecule has 0 atom stereocenters. The van der Waals surface area contributed by atoms with Gasteiger partial charge in [0.15, 0.2) is 5.82 Å². The monoisotopic (exact) mass is 626 g/mol. The Morgan fingerprint density at radius 3 is 2.41 bits per heavy atom.